The second-order valence-electron chi connectivity index (χ2n) is 2.67. The second-order valence-corrected chi connectivity index (χ2v) is 3.06. The van der Waals surface area contributed by atoms with Crippen LogP contribution in [0.1, 0.15) is 25.6 Å². The van der Waals surface area contributed by atoms with Gasteiger partial charge in [0.2, 0.25) is 4.77 Å². The van der Waals surface area contributed by atoms with Gasteiger partial charge in [0.15, 0.2) is 0 Å². The van der Waals surface area contributed by atoms with Crippen molar-refractivity contribution in [3.8, 4) is 0 Å². The van der Waals surface area contributed by atoms with Crippen molar-refractivity contribution in [1.29, 1.82) is 0 Å². The summed E-state index contributed by atoms with van der Waals surface area (Å²) in [4.78, 5) is 0. The van der Waals surface area contributed by atoms with Crippen LogP contribution in [0.15, 0.2) is 0 Å². The molecule has 0 aliphatic rings. The first kappa shape index (κ1) is 9.25. The van der Waals surface area contributed by atoms with Gasteiger partial charge in [-0.3, -0.25) is 5.10 Å². The molecule has 0 saturated heterocycles. The van der Waals surface area contributed by atoms with Crippen molar-refractivity contribution >= 4 is 12.2 Å². The standard InChI is InChI=1S/C7H14N4S/c1-3-4-5-8-11-6(2)9-10-7(11)12/h8H,3-5H2,1-2H3,(H,10,12). The van der Waals surface area contributed by atoms with Crippen molar-refractivity contribution in [2.45, 2.75) is 26.7 Å². The molecule has 2 N–H and O–H groups in total. The smallest absolute Gasteiger partial charge is 0.214 e. The van der Waals surface area contributed by atoms with Gasteiger partial charge < -0.3 is 5.43 Å². The summed E-state index contributed by atoms with van der Waals surface area (Å²) in [5.74, 6) is 0.871. The zero-order chi connectivity index (χ0) is 8.97. The molecular formula is C7H14N4S. The third-order valence-electron chi connectivity index (χ3n) is 1.64. The summed E-state index contributed by atoms with van der Waals surface area (Å²) in [6.07, 6.45) is 2.32. The highest BCUT2D eigenvalue weighted by molar-refractivity contribution is 7.71. The third kappa shape index (κ3) is 2.07. The molecule has 0 saturated carbocycles. The van der Waals surface area contributed by atoms with E-state index in [0.717, 1.165) is 18.8 Å². The zero-order valence-corrected chi connectivity index (χ0v) is 8.24. The normalized spacial score (nSPS) is 10.2. The quantitative estimate of drug-likeness (QED) is 0.554. The maximum absolute atomic E-state index is 5.00. The maximum Gasteiger partial charge on any atom is 0.214 e. The molecule has 4 nitrogen and oxygen atoms in total. The number of aryl methyl sites for hydroxylation is 1. The van der Waals surface area contributed by atoms with Gasteiger partial charge in [-0.15, -0.1) is 0 Å². The van der Waals surface area contributed by atoms with Crippen LogP contribution in [0, 0.1) is 11.7 Å². The Balaban J connectivity index is 2.56. The first-order chi connectivity index (χ1) is 5.75. The number of unbranched alkanes of at least 4 members (excludes halogenated alkanes) is 1. The van der Waals surface area contributed by atoms with Gasteiger partial charge in [0.1, 0.15) is 5.82 Å². The van der Waals surface area contributed by atoms with Crippen molar-refractivity contribution in [2.75, 3.05) is 12.0 Å². The summed E-state index contributed by atoms with van der Waals surface area (Å²) in [5, 5.41) is 6.70. The van der Waals surface area contributed by atoms with E-state index < -0.39 is 0 Å². The molecule has 0 atom stereocenters. The summed E-state index contributed by atoms with van der Waals surface area (Å²) in [5.41, 5.74) is 3.18. The van der Waals surface area contributed by atoms with Crippen molar-refractivity contribution in [2.24, 2.45) is 0 Å². The van der Waals surface area contributed by atoms with Crippen LogP contribution < -0.4 is 5.43 Å². The number of aromatic amines is 1. The minimum absolute atomic E-state index is 0.628. The van der Waals surface area contributed by atoms with E-state index in [1.807, 2.05) is 6.92 Å². The second kappa shape index (κ2) is 4.25. The van der Waals surface area contributed by atoms with Gasteiger partial charge in [0, 0.05) is 6.54 Å². The Kier molecular flexibility index (Phi) is 3.28. The average molecular weight is 186 g/mol. The SMILES string of the molecule is CCCCNn1c(C)n[nH]c1=S. The molecule has 1 aromatic heterocycles. The summed E-state index contributed by atoms with van der Waals surface area (Å²) in [7, 11) is 0. The van der Waals surface area contributed by atoms with Crippen LogP contribution in [0.25, 0.3) is 0 Å². The monoisotopic (exact) mass is 186 g/mol. The lowest BCUT2D eigenvalue weighted by Crippen LogP contribution is -2.17. The molecule has 1 heterocycles. The van der Waals surface area contributed by atoms with Crippen molar-refractivity contribution < 1.29 is 0 Å². The van der Waals surface area contributed by atoms with Crippen LogP contribution in [-0.4, -0.2) is 21.4 Å². The molecule has 0 spiro atoms. The molecule has 0 amide bonds. The highest BCUT2D eigenvalue weighted by Gasteiger charge is 1.97. The number of H-pyrrole nitrogens is 1. The molecule has 12 heavy (non-hydrogen) atoms. The minimum Gasteiger partial charge on any atom is -0.322 e. The lowest BCUT2D eigenvalue weighted by Gasteiger charge is -2.06. The van der Waals surface area contributed by atoms with E-state index in [-0.39, 0.29) is 0 Å². The summed E-state index contributed by atoms with van der Waals surface area (Å²) >= 11 is 5.00. The van der Waals surface area contributed by atoms with Gasteiger partial charge in [0.25, 0.3) is 0 Å². The van der Waals surface area contributed by atoms with Crippen molar-refractivity contribution in [3.63, 3.8) is 0 Å². The lowest BCUT2D eigenvalue weighted by atomic mass is 10.3. The van der Waals surface area contributed by atoms with E-state index >= 15 is 0 Å². The Morgan fingerprint density at radius 2 is 2.42 bits per heavy atom. The van der Waals surface area contributed by atoms with E-state index in [0.29, 0.717) is 4.77 Å². The molecule has 5 heteroatoms. The number of rotatable bonds is 4. The first-order valence-corrected chi connectivity index (χ1v) is 4.54. The van der Waals surface area contributed by atoms with Crippen LogP contribution in [0.2, 0.25) is 0 Å². The fourth-order valence-electron chi connectivity index (χ4n) is 0.930. The molecule has 0 fully saturated rings. The number of nitrogens with one attached hydrogen (secondary N) is 2. The van der Waals surface area contributed by atoms with Gasteiger partial charge in [-0.1, -0.05) is 13.3 Å². The number of nitrogens with zero attached hydrogens (tertiary/aromatic N) is 2. The highest BCUT2D eigenvalue weighted by atomic mass is 32.1. The minimum atomic E-state index is 0.628. The Morgan fingerprint density at radius 3 is 2.92 bits per heavy atom. The van der Waals surface area contributed by atoms with Gasteiger partial charge in [-0.25, -0.2) is 4.68 Å². The van der Waals surface area contributed by atoms with Crippen molar-refractivity contribution in [3.05, 3.63) is 10.6 Å². The average Bonchev–Trinajstić information content (AvgIpc) is 2.35. The first-order valence-electron chi connectivity index (χ1n) is 4.13. The predicted octanol–water partition coefficient (Wildman–Crippen LogP) is 1.59. The largest absolute Gasteiger partial charge is 0.322 e. The maximum atomic E-state index is 5.00. The van der Waals surface area contributed by atoms with E-state index in [1.165, 1.54) is 6.42 Å². The molecule has 0 aromatic carbocycles. The zero-order valence-electron chi connectivity index (χ0n) is 7.42. The van der Waals surface area contributed by atoms with Gasteiger partial charge in [0.05, 0.1) is 0 Å². The van der Waals surface area contributed by atoms with Gasteiger partial charge in [-0.2, -0.15) is 5.10 Å². The molecule has 0 bridgehead atoms. The Morgan fingerprint density at radius 1 is 1.67 bits per heavy atom. The molecule has 1 aromatic rings. The van der Waals surface area contributed by atoms with Crippen LogP contribution in [-0.2, 0) is 0 Å². The van der Waals surface area contributed by atoms with Gasteiger partial charge in [-0.05, 0) is 25.6 Å². The Labute approximate surface area is 77.0 Å². The molecule has 0 radical (unpaired) electrons. The van der Waals surface area contributed by atoms with E-state index in [1.54, 1.807) is 4.68 Å². The highest BCUT2D eigenvalue weighted by Crippen LogP contribution is 1.92. The summed E-state index contributed by atoms with van der Waals surface area (Å²) < 4.78 is 2.42. The molecule has 0 aliphatic carbocycles. The fraction of sp³-hybridized carbons (Fsp3) is 0.714. The summed E-state index contributed by atoms with van der Waals surface area (Å²) in [6, 6.07) is 0. The Hall–Kier alpha value is -0.840. The van der Waals surface area contributed by atoms with E-state index in [4.69, 9.17) is 12.2 Å². The summed E-state index contributed by atoms with van der Waals surface area (Å²) in [6.45, 7) is 5.00. The van der Waals surface area contributed by atoms with Crippen LogP contribution in [0.3, 0.4) is 0 Å². The van der Waals surface area contributed by atoms with Gasteiger partial charge >= 0.3 is 0 Å². The molecule has 0 unspecified atom stereocenters. The predicted molar refractivity (Wildman–Crippen MR) is 51.3 cm³/mol. The topological polar surface area (TPSA) is 45.6 Å². The fourth-order valence-corrected chi connectivity index (χ4v) is 1.17. The van der Waals surface area contributed by atoms with Crippen molar-refractivity contribution in [1.82, 2.24) is 14.9 Å². The Bertz CT molecular complexity index is 288. The van der Waals surface area contributed by atoms with E-state index in [9.17, 15) is 0 Å². The van der Waals surface area contributed by atoms with Crippen LogP contribution in [0.5, 0.6) is 0 Å². The number of hydrogen-bond donors (Lipinski definition) is 2. The molecular weight excluding hydrogens is 172 g/mol. The van der Waals surface area contributed by atoms with E-state index in [2.05, 4.69) is 22.5 Å². The molecule has 68 valence electrons. The number of hydrogen-bond acceptors (Lipinski definition) is 3. The molecule has 0 aliphatic heterocycles. The van der Waals surface area contributed by atoms with Crippen LogP contribution >= 0.6 is 12.2 Å². The number of aromatic nitrogens is 3. The third-order valence-corrected chi connectivity index (χ3v) is 1.91. The van der Waals surface area contributed by atoms with Crippen LogP contribution in [0.4, 0.5) is 0 Å². The lowest BCUT2D eigenvalue weighted by molar-refractivity contribution is 0.731. The molecule has 1 rings (SSSR count).